The molecule has 0 aromatic heterocycles. The summed E-state index contributed by atoms with van der Waals surface area (Å²) in [5.41, 5.74) is 8.57. The van der Waals surface area contributed by atoms with Gasteiger partial charge in [-0.25, -0.2) is 0 Å². The van der Waals surface area contributed by atoms with Gasteiger partial charge < -0.3 is 16.2 Å². The van der Waals surface area contributed by atoms with Crippen LogP contribution in [0.1, 0.15) is 21.5 Å². The van der Waals surface area contributed by atoms with Crippen molar-refractivity contribution in [3.63, 3.8) is 0 Å². The molecule has 2 aromatic carbocycles. The maximum atomic E-state index is 12.2. The molecule has 0 fully saturated rings. The molecule has 0 aliphatic heterocycles. The van der Waals surface area contributed by atoms with Gasteiger partial charge in [0.15, 0.2) is 0 Å². The molecule has 0 unspecified atom stereocenters. The third-order valence-corrected chi connectivity index (χ3v) is 3.28. The summed E-state index contributed by atoms with van der Waals surface area (Å²) in [6, 6.07) is 8.05. The van der Waals surface area contributed by atoms with Crippen molar-refractivity contribution in [1.82, 2.24) is 0 Å². The Morgan fingerprint density at radius 1 is 1.20 bits per heavy atom. The summed E-state index contributed by atoms with van der Waals surface area (Å²) in [5.74, 6) is -0.112. The maximum Gasteiger partial charge on any atom is 0.257 e. The number of phenolic OH excluding ortho intramolecular Hbond substituents is 1. The largest absolute Gasteiger partial charge is 0.508 e. The fraction of sp³-hybridized carbons (Fsp3) is 0.133. The zero-order valence-electron chi connectivity index (χ0n) is 11.2. The van der Waals surface area contributed by atoms with Gasteiger partial charge >= 0.3 is 0 Å². The topological polar surface area (TPSA) is 75.4 Å². The Balaban J connectivity index is 2.30. The van der Waals surface area contributed by atoms with Crippen LogP contribution in [0.2, 0.25) is 5.02 Å². The average Bonchev–Trinajstić information content (AvgIpc) is 2.35. The number of halogens is 1. The summed E-state index contributed by atoms with van der Waals surface area (Å²) in [7, 11) is 0. The minimum Gasteiger partial charge on any atom is -0.508 e. The van der Waals surface area contributed by atoms with Crippen LogP contribution in [0.4, 0.5) is 11.4 Å². The second-order valence-electron chi connectivity index (χ2n) is 4.64. The van der Waals surface area contributed by atoms with E-state index in [-0.39, 0.29) is 11.7 Å². The first-order valence-electron chi connectivity index (χ1n) is 6.05. The highest BCUT2D eigenvalue weighted by Gasteiger charge is 2.12. The number of phenols is 1. The van der Waals surface area contributed by atoms with E-state index in [1.807, 2.05) is 0 Å². The molecule has 0 saturated heterocycles. The fourth-order valence-electron chi connectivity index (χ4n) is 1.87. The van der Waals surface area contributed by atoms with Gasteiger partial charge in [-0.3, -0.25) is 4.79 Å². The SMILES string of the molecule is Cc1cc(NC(=O)c2ccc(Cl)cc2N)c(C)cc1O. The van der Waals surface area contributed by atoms with Gasteiger partial charge in [0.05, 0.1) is 5.56 Å². The minimum atomic E-state index is -0.313. The first-order valence-corrected chi connectivity index (χ1v) is 6.43. The van der Waals surface area contributed by atoms with Gasteiger partial charge in [0.1, 0.15) is 5.75 Å². The number of aryl methyl sites for hydroxylation is 2. The molecule has 0 bridgehead atoms. The number of amides is 1. The number of anilines is 2. The van der Waals surface area contributed by atoms with Gasteiger partial charge in [0, 0.05) is 16.4 Å². The molecule has 0 atom stereocenters. The first kappa shape index (κ1) is 14.2. The van der Waals surface area contributed by atoms with Gasteiger partial charge in [-0.15, -0.1) is 0 Å². The molecule has 1 amide bonds. The minimum absolute atomic E-state index is 0.200. The summed E-state index contributed by atoms with van der Waals surface area (Å²) in [6.45, 7) is 3.57. The number of nitrogens with one attached hydrogen (secondary N) is 1. The second kappa shape index (κ2) is 5.43. The van der Waals surface area contributed by atoms with E-state index < -0.39 is 0 Å². The molecule has 5 heteroatoms. The van der Waals surface area contributed by atoms with E-state index in [4.69, 9.17) is 17.3 Å². The van der Waals surface area contributed by atoms with Crippen LogP contribution in [0, 0.1) is 13.8 Å². The van der Waals surface area contributed by atoms with Gasteiger partial charge in [0.2, 0.25) is 0 Å². The molecule has 2 rings (SSSR count). The Morgan fingerprint density at radius 2 is 1.90 bits per heavy atom. The molecule has 0 heterocycles. The van der Waals surface area contributed by atoms with E-state index in [1.165, 1.54) is 6.07 Å². The van der Waals surface area contributed by atoms with Gasteiger partial charge in [-0.1, -0.05) is 11.6 Å². The molecule has 0 radical (unpaired) electrons. The van der Waals surface area contributed by atoms with E-state index >= 15 is 0 Å². The Hall–Kier alpha value is -2.20. The molecule has 4 N–H and O–H groups in total. The number of nitrogens with two attached hydrogens (primary N) is 1. The molecule has 0 spiro atoms. The quantitative estimate of drug-likeness (QED) is 0.585. The second-order valence-corrected chi connectivity index (χ2v) is 5.08. The average molecular weight is 291 g/mol. The summed E-state index contributed by atoms with van der Waals surface area (Å²) in [4.78, 5) is 12.2. The molecular weight excluding hydrogens is 276 g/mol. The molecule has 0 aliphatic rings. The van der Waals surface area contributed by atoms with Gasteiger partial charge in [0.25, 0.3) is 5.91 Å². The van der Waals surface area contributed by atoms with Crippen molar-refractivity contribution in [2.24, 2.45) is 0 Å². The third-order valence-electron chi connectivity index (χ3n) is 3.05. The standard InChI is InChI=1S/C15H15ClN2O2/c1-8-6-14(19)9(2)5-13(8)18-15(20)11-4-3-10(16)7-12(11)17/h3-7,19H,17H2,1-2H3,(H,18,20). The van der Waals surface area contributed by atoms with Crippen molar-refractivity contribution in [3.05, 3.63) is 52.0 Å². The van der Waals surface area contributed by atoms with Crippen molar-refractivity contribution in [2.75, 3.05) is 11.1 Å². The number of hydrogen-bond acceptors (Lipinski definition) is 3. The first-order chi connectivity index (χ1) is 9.38. The van der Waals surface area contributed by atoms with E-state index in [9.17, 15) is 9.90 Å². The Labute approximate surface area is 122 Å². The zero-order valence-corrected chi connectivity index (χ0v) is 12.0. The van der Waals surface area contributed by atoms with Crippen LogP contribution in [0.3, 0.4) is 0 Å². The lowest BCUT2D eigenvalue weighted by molar-refractivity contribution is 0.102. The number of hydrogen-bond donors (Lipinski definition) is 3. The van der Waals surface area contributed by atoms with Crippen molar-refractivity contribution in [1.29, 1.82) is 0 Å². The van der Waals surface area contributed by atoms with Crippen LogP contribution in [-0.2, 0) is 0 Å². The van der Waals surface area contributed by atoms with Crippen LogP contribution in [0.15, 0.2) is 30.3 Å². The molecule has 0 aliphatic carbocycles. The zero-order chi connectivity index (χ0) is 14.9. The molecular formula is C15H15ClN2O2. The molecule has 104 valence electrons. The lowest BCUT2D eigenvalue weighted by Crippen LogP contribution is -2.14. The third kappa shape index (κ3) is 2.86. The molecule has 4 nitrogen and oxygen atoms in total. The number of benzene rings is 2. The Morgan fingerprint density at radius 3 is 2.55 bits per heavy atom. The smallest absolute Gasteiger partial charge is 0.257 e. The predicted molar refractivity (Wildman–Crippen MR) is 81.4 cm³/mol. The Bertz CT molecular complexity index is 684. The van der Waals surface area contributed by atoms with Crippen LogP contribution in [0.25, 0.3) is 0 Å². The normalized spacial score (nSPS) is 10.3. The summed E-state index contributed by atoms with van der Waals surface area (Å²) < 4.78 is 0. The van der Waals surface area contributed by atoms with Crippen LogP contribution >= 0.6 is 11.6 Å². The summed E-state index contributed by atoms with van der Waals surface area (Å²) >= 11 is 5.81. The monoisotopic (exact) mass is 290 g/mol. The number of carbonyl (C=O) groups is 1. The summed E-state index contributed by atoms with van der Waals surface area (Å²) in [6.07, 6.45) is 0. The fourth-order valence-corrected chi connectivity index (χ4v) is 2.05. The number of carbonyl (C=O) groups excluding carboxylic acids is 1. The van der Waals surface area contributed by atoms with Crippen LogP contribution in [-0.4, -0.2) is 11.0 Å². The highest BCUT2D eigenvalue weighted by atomic mass is 35.5. The van der Waals surface area contributed by atoms with E-state index in [1.54, 1.807) is 38.1 Å². The van der Waals surface area contributed by atoms with Crippen molar-refractivity contribution < 1.29 is 9.90 Å². The Kier molecular flexibility index (Phi) is 3.86. The number of aromatic hydroxyl groups is 1. The lowest BCUT2D eigenvalue weighted by atomic mass is 10.1. The number of nitrogen functional groups attached to an aromatic ring is 1. The highest BCUT2D eigenvalue weighted by Crippen LogP contribution is 2.26. The highest BCUT2D eigenvalue weighted by molar-refractivity contribution is 6.31. The van der Waals surface area contributed by atoms with Crippen molar-refractivity contribution in [2.45, 2.75) is 13.8 Å². The summed E-state index contributed by atoms with van der Waals surface area (Å²) in [5, 5.41) is 12.9. The lowest BCUT2D eigenvalue weighted by Gasteiger charge is -2.12. The van der Waals surface area contributed by atoms with Crippen molar-refractivity contribution >= 4 is 28.9 Å². The van der Waals surface area contributed by atoms with Gasteiger partial charge in [-0.05, 0) is 55.3 Å². The van der Waals surface area contributed by atoms with E-state index in [2.05, 4.69) is 5.32 Å². The molecule has 20 heavy (non-hydrogen) atoms. The molecule has 0 saturated carbocycles. The van der Waals surface area contributed by atoms with Crippen molar-refractivity contribution in [3.8, 4) is 5.75 Å². The van der Waals surface area contributed by atoms with E-state index in [0.717, 1.165) is 5.56 Å². The van der Waals surface area contributed by atoms with Crippen LogP contribution in [0.5, 0.6) is 5.75 Å². The number of rotatable bonds is 2. The molecule has 2 aromatic rings. The maximum absolute atomic E-state index is 12.2. The predicted octanol–water partition coefficient (Wildman–Crippen LogP) is 3.50. The van der Waals surface area contributed by atoms with E-state index in [0.29, 0.717) is 27.5 Å². The van der Waals surface area contributed by atoms with Crippen LogP contribution < -0.4 is 11.1 Å². The van der Waals surface area contributed by atoms with Gasteiger partial charge in [-0.2, -0.15) is 0 Å².